The lowest BCUT2D eigenvalue weighted by Gasteiger charge is -2.15. The lowest BCUT2D eigenvalue weighted by atomic mass is 10.1. The van der Waals surface area contributed by atoms with Gasteiger partial charge in [-0.3, -0.25) is 4.79 Å². The van der Waals surface area contributed by atoms with Crippen molar-refractivity contribution in [3.63, 3.8) is 0 Å². The first kappa shape index (κ1) is 19.2. The van der Waals surface area contributed by atoms with Crippen molar-refractivity contribution in [1.29, 1.82) is 0 Å². The number of benzene rings is 1. The van der Waals surface area contributed by atoms with E-state index in [9.17, 15) is 14.0 Å². The maximum Gasteiger partial charge on any atom is 0.360 e. The zero-order valence-corrected chi connectivity index (χ0v) is 15.1. The molecule has 0 radical (unpaired) electrons. The molecule has 0 aliphatic heterocycles. The highest BCUT2D eigenvalue weighted by atomic mass is 19.1. The first-order valence-corrected chi connectivity index (χ1v) is 7.62. The zero-order valence-electron chi connectivity index (χ0n) is 15.1. The molecule has 26 heavy (non-hydrogen) atoms. The fourth-order valence-corrected chi connectivity index (χ4v) is 2.50. The van der Waals surface area contributed by atoms with E-state index < -0.39 is 17.7 Å². The molecule has 0 saturated carbocycles. The number of nitrogens with zero attached hydrogens (tertiary/aromatic N) is 1. The van der Waals surface area contributed by atoms with Gasteiger partial charge in [-0.05, 0) is 24.6 Å². The zero-order chi connectivity index (χ0) is 19.4. The van der Waals surface area contributed by atoms with Gasteiger partial charge in [0.25, 0.3) is 0 Å². The van der Waals surface area contributed by atoms with Crippen molar-refractivity contribution < 1.29 is 28.2 Å². The molecule has 1 N–H and O–H groups in total. The summed E-state index contributed by atoms with van der Waals surface area (Å²) in [6, 6.07) is 4.60. The van der Waals surface area contributed by atoms with Crippen LogP contribution in [0.5, 0.6) is 11.5 Å². The summed E-state index contributed by atoms with van der Waals surface area (Å²) in [5.74, 6) is -1.71. The van der Waals surface area contributed by atoms with E-state index in [1.54, 1.807) is 13.0 Å². The normalized spacial score (nSPS) is 10.2. The molecule has 0 atom stereocenters. The average molecular weight is 362 g/mol. The standard InChI is InChI=1S/C18H19FN2O5/c1-9-6-7-11(14(19)16(9)24-3)12-8-13(20-10(2)22)17(25-4)15(21-12)18(23)26-5/h6-8H,1-5H3,(H,20,21,22). The molecular weight excluding hydrogens is 343 g/mol. The number of aryl methyl sites for hydroxylation is 1. The molecule has 0 fully saturated rings. The summed E-state index contributed by atoms with van der Waals surface area (Å²) in [7, 11) is 3.87. The summed E-state index contributed by atoms with van der Waals surface area (Å²) in [5.41, 5.74) is 0.815. The largest absolute Gasteiger partial charge is 0.493 e. The van der Waals surface area contributed by atoms with Gasteiger partial charge in [-0.1, -0.05) is 6.07 Å². The number of hydrogen-bond donors (Lipinski definition) is 1. The van der Waals surface area contributed by atoms with Crippen molar-refractivity contribution in [2.45, 2.75) is 13.8 Å². The van der Waals surface area contributed by atoms with Crippen LogP contribution in [0.3, 0.4) is 0 Å². The predicted molar refractivity (Wildman–Crippen MR) is 93.1 cm³/mol. The Kier molecular flexibility index (Phi) is 5.76. The Balaban J connectivity index is 2.77. The van der Waals surface area contributed by atoms with Crippen molar-refractivity contribution in [3.05, 3.63) is 35.3 Å². The molecule has 7 nitrogen and oxygen atoms in total. The molecule has 8 heteroatoms. The molecule has 0 spiro atoms. The number of amides is 1. The van der Waals surface area contributed by atoms with E-state index >= 15 is 0 Å². The first-order valence-electron chi connectivity index (χ1n) is 7.62. The van der Waals surface area contributed by atoms with Crippen LogP contribution in [0.1, 0.15) is 23.0 Å². The van der Waals surface area contributed by atoms with E-state index in [0.717, 1.165) is 0 Å². The van der Waals surface area contributed by atoms with Crippen molar-refractivity contribution in [1.82, 2.24) is 4.98 Å². The number of halogens is 1. The molecule has 1 heterocycles. The lowest BCUT2D eigenvalue weighted by Crippen LogP contribution is -2.13. The summed E-state index contributed by atoms with van der Waals surface area (Å²) in [4.78, 5) is 27.7. The fourth-order valence-electron chi connectivity index (χ4n) is 2.50. The average Bonchev–Trinajstić information content (AvgIpc) is 2.60. The van der Waals surface area contributed by atoms with Gasteiger partial charge in [0.2, 0.25) is 5.91 Å². The summed E-state index contributed by atoms with van der Waals surface area (Å²) in [6.45, 7) is 3.00. The van der Waals surface area contributed by atoms with Crippen molar-refractivity contribution in [2.24, 2.45) is 0 Å². The number of hydrogen-bond acceptors (Lipinski definition) is 6. The van der Waals surface area contributed by atoms with E-state index in [-0.39, 0.29) is 34.1 Å². The molecule has 2 rings (SSSR count). The van der Waals surface area contributed by atoms with Crippen LogP contribution < -0.4 is 14.8 Å². The quantitative estimate of drug-likeness (QED) is 0.823. The van der Waals surface area contributed by atoms with Crippen LogP contribution in [0.2, 0.25) is 0 Å². The van der Waals surface area contributed by atoms with Gasteiger partial charge in [-0.25, -0.2) is 14.2 Å². The molecule has 1 aromatic heterocycles. The third kappa shape index (κ3) is 3.58. The van der Waals surface area contributed by atoms with Crippen molar-refractivity contribution >= 4 is 17.6 Å². The minimum absolute atomic E-state index is 0.0234. The molecule has 1 aromatic carbocycles. The summed E-state index contributed by atoms with van der Waals surface area (Å²) in [5, 5.41) is 2.55. The number of rotatable bonds is 5. The molecule has 0 aliphatic carbocycles. The Bertz CT molecular complexity index is 867. The Morgan fingerprint density at radius 3 is 2.31 bits per heavy atom. The number of nitrogens with one attached hydrogen (secondary N) is 1. The van der Waals surface area contributed by atoms with Gasteiger partial charge in [0, 0.05) is 12.5 Å². The molecule has 138 valence electrons. The Morgan fingerprint density at radius 2 is 1.77 bits per heavy atom. The third-order valence-corrected chi connectivity index (χ3v) is 3.64. The highest BCUT2D eigenvalue weighted by Gasteiger charge is 2.23. The van der Waals surface area contributed by atoms with Crippen LogP contribution in [0, 0.1) is 12.7 Å². The number of ether oxygens (including phenoxy) is 3. The second-order valence-corrected chi connectivity index (χ2v) is 5.39. The van der Waals surface area contributed by atoms with Gasteiger partial charge in [-0.2, -0.15) is 0 Å². The molecule has 0 aliphatic rings. The van der Waals surface area contributed by atoms with Gasteiger partial charge < -0.3 is 19.5 Å². The Labute approximate surface area is 150 Å². The smallest absolute Gasteiger partial charge is 0.360 e. The number of carbonyl (C=O) groups excluding carboxylic acids is 2. The van der Waals surface area contributed by atoms with Gasteiger partial charge in [-0.15, -0.1) is 0 Å². The van der Waals surface area contributed by atoms with Gasteiger partial charge in [0.05, 0.1) is 32.7 Å². The second-order valence-electron chi connectivity index (χ2n) is 5.39. The van der Waals surface area contributed by atoms with Crippen LogP contribution >= 0.6 is 0 Å². The van der Waals surface area contributed by atoms with Crippen molar-refractivity contribution in [2.75, 3.05) is 26.6 Å². The number of aromatic nitrogens is 1. The van der Waals surface area contributed by atoms with Crippen LogP contribution in [0.4, 0.5) is 10.1 Å². The molecule has 0 unspecified atom stereocenters. The highest BCUT2D eigenvalue weighted by Crippen LogP contribution is 2.36. The number of methoxy groups -OCH3 is 3. The van der Waals surface area contributed by atoms with Crippen molar-refractivity contribution in [3.8, 4) is 22.8 Å². The highest BCUT2D eigenvalue weighted by molar-refractivity contribution is 5.98. The van der Waals surface area contributed by atoms with E-state index in [0.29, 0.717) is 5.56 Å². The second kappa shape index (κ2) is 7.81. The molecular formula is C18H19FN2O5. The maximum atomic E-state index is 14.8. The Hall–Kier alpha value is -3.16. The summed E-state index contributed by atoms with van der Waals surface area (Å²) in [6.07, 6.45) is 0. The monoisotopic (exact) mass is 362 g/mol. The topological polar surface area (TPSA) is 86.8 Å². The van der Waals surface area contributed by atoms with Gasteiger partial charge >= 0.3 is 5.97 Å². The summed E-state index contributed by atoms with van der Waals surface area (Å²) >= 11 is 0. The van der Waals surface area contributed by atoms with E-state index in [2.05, 4.69) is 10.3 Å². The SMILES string of the molecule is COC(=O)c1nc(-c2ccc(C)c(OC)c2F)cc(NC(C)=O)c1OC. The van der Waals surface area contributed by atoms with E-state index in [1.165, 1.54) is 40.4 Å². The minimum Gasteiger partial charge on any atom is -0.493 e. The number of pyridine rings is 1. The van der Waals surface area contributed by atoms with E-state index in [4.69, 9.17) is 14.2 Å². The van der Waals surface area contributed by atoms with Crippen LogP contribution in [0.25, 0.3) is 11.3 Å². The van der Waals surface area contributed by atoms with E-state index in [1.807, 2.05) is 0 Å². The number of carbonyl (C=O) groups is 2. The van der Waals surface area contributed by atoms with Crippen LogP contribution in [-0.4, -0.2) is 38.2 Å². The number of anilines is 1. The Morgan fingerprint density at radius 1 is 1.12 bits per heavy atom. The molecule has 1 amide bonds. The minimum atomic E-state index is -0.783. The molecule has 2 aromatic rings. The maximum absolute atomic E-state index is 14.8. The van der Waals surface area contributed by atoms with Gasteiger partial charge in [0.1, 0.15) is 0 Å². The first-order chi connectivity index (χ1) is 12.3. The predicted octanol–water partition coefficient (Wildman–Crippen LogP) is 2.96. The van der Waals surface area contributed by atoms with Crippen LogP contribution in [0.15, 0.2) is 18.2 Å². The summed E-state index contributed by atoms with van der Waals surface area (Å²) < 4.78 is 29.8. The van der Waals surface area contributed by atoms with Gasteiger partial charge in [0.15, 0.2) is 23.0 Å². The molecule has 0 saturated heterocycles. The van der Waals surface area contributed by atoms with Crippen LogP contribution in [-0.2, 0) is 9.53 Å². The lowest BCUT2D eigenvalue weighted by molar-refractivity contribution is -0.114. The number of esters is 1. The molecule has 0 bridgehead atoms. The third-order valence-electron chi connectivity index (χ3n) is 3.64. The fraction of sp³-hybridized carbons (Fsp3) is 0.278.